The number of piperidine rings is 1. The lowest BCUT2D eigenvalue weighted by Crippen LogP contribution is -2.49. The molecule has 26 heavy (non-hydrogen) atoms. The van der Waals surface area contributed by atoms with Crippen LogP contribution in [0.15, 0.2) is 33.9 Å². The van der Waals surface area contributed by atoms with E-state index in [9.17, 15) is 14.0 Å². The van der Waals surface area contributed by atoms with Crippen LogP contribution in [0.25, 0.3) is 0 Å². The molecular weight excluding hydrogens is 405 g/mol. The molecule has 7 nitrogen and oxygen atoms in total. The smallest absolute Gasteiger partial charge is 0.312 e. The number of hydrogen-bond acceptors (Lipinski definition) is 4. The van der Waals surface area contributed by atoms with Crippen LogP contribution in [0, 0.1) is 5.82 Å². The van der Waals surface area contributed by atoms with Gasteiger partial charge in [-0.05, 0) is 47.0 Å². The second-order valence-corrected chi connectivity index (χ2v) is 6.99. The number of para-hydroxylation sites is 1. The summed E-state index contributed by atoms with van der Waals surface area (Å²) < 4.78 is 15.2. The molecule has 2 aliphatic heterocycles. The number of hydrogen-bond donors (Lipinski definition) is 3. The molecule has 2 heterocycles. The van der Waals surface area contributed by atoms with Crippen LogP contribution >= 0.6 is 15.9 Å². The van der Waals surface area contributed by atoms with Crippen molar-refractivity contribution in [3.05, 3.63) is 34.7 Å². The van der Waals surface area contributed by atoms with Gasteiger partial charge in [0.05, 0.1) is 11.4 Å². The highest BCUT2D eigenvalue weighted by Crippen LogP contribution is 2.32. The molecule has 0 saturated carbocycles. The molecule has 3 rings (SSSR count). The van der Waals surface area contributed by atoms with Crippen molar-refractivity contribution >= 4 is 45.0 Å². The highest BCUT2D eigenvalue weighted by molar-refractivity contribution is 9.11. The summed E-state index contributed by atoms with van der Waals surface area (Å²) in [6.45, 7) is 1.04. The Bertz CT molecular complexity index is 795. The van der Waals surface area contributed by atoms with Gasteiger partial charge in [0.1, 0.15) is 16.1 Å². The first kappa shape index (κ1) is 18.4. The average Bonchev–Trinajstić information content (AvgIpc) is 3.01. The Kier molecular flexibility index (Phi) is 5.55. The van der Waals surface area contributed by atoms with E-state index < -0.39 is 11.8 Å². The van der Waals surface area contributed by atoms with Crippen molar-refractivity contribution in [3.8, 4) is 0 Å². The third-order valence-electron chi connectivity index (χ3n) is 4.29. The van der Waals surface area contributed by atoms with Crippen LogP contribution in [0.1, 0.15) is 19.3 Å². The molecule has 0 aliphatic carbocycles. The zero-order valence-electron chi connectivity index (χ0n) is 14.0. The number of nitrogens with zero attached hydrogens (tertiary/aromatic N) is 2. The summed E-state index contributed by atoms with van der Waals surface area (Å²) >= 11 is 3.23. The van der Waals surface area contributed by atoms with Crippen LogP contribution in [0.2, 0.25) is 0 Å². The normalized spacial score (nSPS) is 19.6. The largest absolute Gasteiger partial charge is 0.365 e. The zero-order valence-corrected chi connectivity index (χ0v) is 15.6. The molecule has 1 aromatic rings. The number of amides is 3. The Balaban J connectivity index is 1.80. The molecule has 9 heteroatoms. The number of halogens is 2. The minimum Gasteiger partial charge on any atom is -0.365 e. The van der Waals surface area contributed by atoms with E-state index in [1.54, 1.807) is 18.2 Å². The van der Waals surface area contributed by atoms with Gasteiger partial charge in [0.2, 0.25) is 0 Å². The Hall–Kier alpha value is -2.42. The number of aliphatic imine (C=N–C) groups is 1. The van der Waals surface area contributed by atoms with Gasteiger partial charge in [-0.2, -0.15) is 0 Å². The van der Waals surface area contributed by atoms with Crippen molar-refractivity contribution in [1.82, 2.24) is 5.32 Å². The van der Waals surface area contributed by atoms with Crippen LogP contribution in [0.3, 0.4) is 0 Å². The Morgan fingerprint density at radius 2 is 2.19 bits per heavy atom. The van der Waals surface area contributed by atoms with Gasteiger partial charge >= 0.3 is 6.03 Å². The molecule has 0 spiro atoms. The molecule has 2 aliphatic rings. The molecule has 0 bridgehead atoms. The van der Waals surface area contributed by atoms with E-state index in [-0.39, 0.29) is 11.9 Å². The summed E-state index contributed by atoms with van der Waals surface area (Å²) in [6.07, 6.45) is 3.75. The summed E-state index contributed by atoms with van der Waals surface area (Å²) in [7, 11) is 0. The highest BCUT2D eigenvalue weighted by Gasteiger charge is 2.26. The van der Waals surface area contributed by atoms with Crippen molar-refractivity contribution in [2.45, 2.75) is 25.3 Å². The van der Waals surface area contributed by atoms with Gasteiger partial charge < -0.3 is 21.3 Å². The van der Waals surface area contributed by atoms with Gasteiger partial charge in [-0.25, -0.2) is 14.2 Å². The van der Waals surface area contributed by atoms with E-state index in [0.29, 0.717) is 41.2 Å². The van der Waals surface area contributed by atoms with Gasteiger partial charge in [-0.15, -0.1) is 0 Å². The number of carbonyl (C=O) groups is 2. The third kappa shape index (κ3) is 4.21. The van der Waals surface area contributed by atoms with Crippen LogP contribution < -0.4 is 21.3 Å². The summed E-state index contributed by atoms with van der Waals surface area (Å²) in [5.74, 6) is -0.804. The quantitative estimate of drug-likeness (QED) is 0.648. The van der Waals surface area contributed by atoms with E-state index in [1.165, 1.54) is 6.07 Å². The Labute approximate surface area is 158 Å². The second-order valence-electron chi connectivity index (χ2n) is 6.17. The van der Waals surface area contributed by atoms with Crippen LogP contribution in [0.4, 0.5) is 20.6 Å². The van der Waals surface area contributed by atoms with Gasteiger partial charge in [0.25, 0.3) is 5.91 Å². The van der Waals surface area contributed by atoms with Gasteiger partial charge in [0.15, 0.2) is 0 Å². The molecule has 4 N–H and O–H groups in total. The molecule has 3 amide bonds. The van der Waals surface area contributed by atoms with Crippen LogP contribution in [-0.2, 0) is 4.79 Å². The van der Waals surface area contributed by atoms with E-state index in [0.717, 1.165) is 12.8 Å². The van der Waals surface area contributed by atoms with Crippen molar-refractivity contribution in [2.24, 2.45) is 10.7 Å². The summed E-state index contributed by atoms with van der Waals surface area (Å²) in [6, 6.07) is 3.78. The topological polar surface area (TPSA) is 99.8 Å². The molecule has 1 fully saturated rings. The van der Waals surface area contributed by atoms with E-state index in [1.807, 2.05) is 4.90 Å². The van der Waals surface area contributed by atoms with Crippen molar-refractivity contribution in [1.29, 1.82) is 0 Å². The average molecular weight is 424 g/mol. The number of anilines is 2. The lowest BCUT2D eigenvalue weighted by molar-refractivity contribution is -0.110. The molecule has 0 radical (unpaired) electrons. The number of allylic oxidation sites excluding steroid dienone is 1. The molecule has 0 aromatic heterocycles. The van der Waals surface area contributed by atoms with Crippen molar-refractivity contribution in [2.75, 3.05) is 23.3 Å². The lowest BCUT2D eigenvalue weighted by Gasteiger charge is -2.35. The number of nitrogens with two attached hydrogens (primary N) is 1. The van der Waals surface area contributed by atoms with Crippen molar-refractivity contribution < 1.29 is 14.0 Å². The van der Waals surface area contributed by atoms with Gasteiger partial charge in [0, 0.05) is 25.6 Å². The predicted octanol–water partition coefficient (Wildman–Crippen LogP) is 2.48. The number of primary amides is 1. The summed E-state index contributed by atoms with van der Waals surface area (Å²) in [4.78, 5) is 29.4. The number of benzene rings is 1. The monoisotopic (exact) mass is 423 g/mol. The van der Waals surface area contributed by atoms with Crippen LogP contribution in [0.5, 0.6) is 0 Å². The van der Waals surface area contributed by atoms with Crippen molar-refractivity contribution in [3.63, 3.8) is 0 Å². The second kappa shape index (κ2) is 7.86. The minimum absolute atomic E-state index is 0.163. The predicted molar refractivity (Wildman–Crippen MR) is 102 cm³/mol. The summed E-state index contributed by atoms with van der Waals surface area (Å²) in [5.41, 5.74) is 6.24. The fraction of sp³-hybridized carbons (Fsp3) is 0.353. The minimum atomic E-state index is -0.601. The van der Waals surface area contributed by atoms with E-state index >= 15 is 0 Å². The lowest BCUT2D eigenvalue weighted by atomic mass is 10.0. The van der Waals surface area contributed by atoms with E-state index in [2.05, 4.69) is 31.6 Å². The Morgan fingerprint density at radius 1 is 1.38 bits per heavy atom. The molecular formula is C17H19BrFN5O2. The maximum absolute atomic E-state index is 14.6. The fourth-order valence-corrected chi connectivity index (χ4v) is 3.55. The number of carbonyl (C=O) groups excluding carboxylic acids is 2. The van der Waals surface area contributed by atoms with Crippen LogP contribution in [-0.4, -0.2) is 36.8 Å². The van der Waals surface area contributed by atoms with Gasteiger partial charge in [-0.3, -0.25) is 4.79 Å². The number of nitrogens with one attached hydrogen (secondary N) is 2. The van der Waals surface area contributed by atoms with Gasteiger partial charge in [-0.1, -0.05) is 6.07 Å². The number of urea groups is 1. The Morgan fingerprint density at radius 3 is 2.88 bits per heavy atom. The molecule has 138 valence electrons. The maximum Gasteiger partial charge on any atom is 0.312 e. The first-order valence-electron chi connectivity index (χ1n) is 8.28. The fourth-order valence-electron chi connectivity index (χ4n) is 3.18. The van der Waals surface area contributed by atoms with E-state index in [4.69, 9.17) is 5.73 Å². The first-order valence-corrected chi connectivity index (χ1v) is 9.07. The highest BCUT2D eigenvalue weighted by atomic mass is 79.9. The SMILES string of the molecule is NC(=O)N[C@@H]1CCCN(c2c(F)cccc2NC(=O)C2=NC(Br)=CC2)C1. The molecule has 1 saturated heterocycles. The molecule has 1 aromatic carbocycles. The zero-order chi connectivity index (χ0) is 18.7. The summed E-state index contributed by atoms with van der Waals surface area (Å²) in [5, 5.41) is 5.42. The molecule has 0 unspecified atom stereocenters. The number of rotatable bonds is 4. The maximum atomic E-state index is 14.6. The standard InChI is InChI=1S/C17H19BrFN5O2/c18-14-7-6-13(22-14)16(25)23-12-5-1-4-11(19)15(12)24-8-2-3-10(9-24)21-17(20)26/h1,4-5,7,10H,2-3,6,8-9H2,(H,23,25)(H3,20,21,26)/t10-/m1/s1. The molecule has 1 atom stereocenters. The first-order chi connectivity index (χ1) is 12.4. The third-order valence-corrected chi connectivity index (χ3v) is 4.79.